The van der Waals surface area contributed by atoms with Gasteiger partial charge in [0.05, 0.1) is 0 Å². The highest BCUT2D eigenvalue weighted by Gasteiger charge is 2.17. The third-order valence-corrected chi connectivity index (χ3v) is 4.01. The minimum absolute atomic E-state index is 0.667. The van der Waals surface area contributed by atoms with E-state index < -0.39 is 11.6 Å². The summed E-state index contributed by atoms with van der Waals surface area (Å²) >= 11 is 0. The van der Waals surface area contributed by atoms with Crippen LogP contribution in [0.15, 0.2) is 42.7 Å². The summed E-state index contributed by atoms with van der Waals surface area (Å²) in [6.07, 6.45) is 3.63. The third kappa shape index (κ3) is 3.87. The molecule has 0 bridgehead atoms. The number of nitrogens with zero attached hydrogens (tertiary/aromatic N) is 3. The topological polar surface area (TPSA) is 19.4 Å². The third-order valence-electron chi connectivity index (χ3n) is 4.01. The van der Waals surface area contributed by atoms with Crippen LogP contribution in [0.5, 0.6) is 0 Å². The fraction of sp³-hybridized carbons (Fsp3) is 0.353. The summed E-state index contributed by atoms with van der Waals surface area (Å²) in [5, 5.41) is 0. The van der Waals surface area contributed by atoms with Crippen LogP contribution in [0, 0.1) is 11.6 Å². The predicted molar refractivity (Wildman–Crippen MR) is 81.1 cm³/mol. The maximum atomic E-state index is 13.2. The van der Waals surface area contributed by atoms with Crippen LogP contribution in [0.4, 0.5) is 8.78 Å². The van der Waals surface area contributed by atoms with Gasteiger partial charge < -0.3 is 0 Å². The van der Waals surface area contributed by atoms with Gasteiger partial charge in [-0.3, -0.25) is 14.8 Å². The second kappa shape index (κ2) is 6.94. The zero-order chi connectivity index (χ0) is 15.4. The first-order chi connectivity index (χ1) is 10.7. The van der Waals surface area contributed by atoms with Crippen LogP contribution >= 0.6 is 0 Å². The Hall–Kier alpha value is -1.85. The van der Waals surface area contributed by atoms with Gasteiger partial charge in [-0.05, 0) is 35.4 Å². The second-order valence-electron chi connectivity index (χ2n) is 5.66. The van der Waals surface area contributed by atoms with Crippen molar-refractivity contribution in [2.45, 2.75) is 13.1 Å². The fourth-order valence-corrected chi connectivity index (χ4v) is 2.75. The molecule has 1 fully saturated rings. The van der Waals surface area contributed by atoms with Crippen LogP contribution in [0.2, 0.25) is 0 Å². The van der Waals surface area contributed by atoms with Crippen molar-refractivity contribution in [2.75, 3.05) is 26.2 Å². The largest absolute Gasteiger partial charge is 0.297 e. The molecule has 1 aromatic heterocycles. The van der Waals surface area contributed by atoms with Crippen molar-refractivity contribution >= 4 is 0 Å². The van der Waals surface area contributed by atoms with Crippen molar-refractivity contribution in [2.24, 2.45) is 0 Å². The Morgan fingerprint density at radius 1 is 0.773 bits per heavy atom. The molecular formula is C17H19F2N3. The normalized spacial score (nSPS) is 16.8. The summed E-state index contributed by atoms with van der Waals surface area (Å²) in [6.45, 7) is 5.42. The molecule has 1 aliphatic heterocycles. The summed E-state index contributed by atoms with van der Waals surface area (Å²) in [5.74, 6) is -1.56. The van der Waals surface area contributed by atoms with Gasteiger partial charge in [-0.15, -0.1) is 0 Å². The molecule has 1 aliphatic rings. The molecule has 3 rings (SSSR count). The smallest absolute Gasteiger partial charge is 0.159 e. The average Bonchev–Trinajstić information content (AvgIpc) is 2.54. The first kappa shape index (κ1) is 15.1. The van der Waals surface area contributed by atoms with Crippen molar-refractivity contribution in [1.82, 2.24) is 14.8 Å². The van der Waals surface area contributed by atoms with Gasteiger partial charge in [0, 0.05) is 51.7 Å². The van der Waals surface area contributed by atoms with Crippen molar-refractivity contribution in [3.8, 4) is 0 Å². The first-order valence-corrected chi connectivity index (χ1v) is 7.48. The highest BCUT2D eigenvalue weighted by molar-refractivity contribution is 5.17. The van der Waals surface area contributed by atoms with E-state index >= 15 is 0 Å². The number of hydrogen-bond acceptors (Lipinski definition) is 3. The molecule has 0 saturated carbocycles. The molecule has 116 valence electrons. The average molecular weight is 303 g/mol. The number of rotatable bonds is 4. The molecule has 1 aromatic carbocycles. The molecule has 3 nitrogen and oxygen atoms in total. The molecular weight excluding hydrogens is 284 g/mol. The van der Waals surface area contributed by atoms with Gasteiger partial charge in [-0.25, -0.2) is 8.78 Å². The van der Waals surface area contributed by atoms with Gasteiger partial charge in [-0.1, -0.05) is 6.07 Å². The predicted octanol–water partition coefficient (Wildman–Crippen LogP) is 2.68. The fourth-order valence-electron chi connectivity index (χ4n) is 2.75. The Kier molecular flexibility index (Phi) is 4.75. The second-order valence-corrected chi connectivity index (χ2v) is 5.66. The molecule has 2 aromatic rings. The molecule has 0 radical (unpaired) electrons. The maximum absolute atomic E-state index is 13.2. The lowest BCUT2D eigenvalue weighted by molar-refractivity contribution is 0.122. The van der Waals surface area contributed by atoms with Gasteiger partial charge in [0.1, 0.15) is 0 Å². The number of pyridine rings is 1. The molecule has 22 heavy (non-hydrogen) atoms. The zero-order valence-corrected chi connectivity index (χ0v) is 12.4. The molecule has 0 unspecified atom stereocenters. The summed E-state index contributed by atoms with van der Waals surface area (Å²) in [5.41, 5.74) is 2.09. The Balaban J connectivity index is 1.50. The van der Waals surface area contributed by atoms with Crippen molar-refractivity contribution in [3.63, 3.8) is 0 Å². The number of piperazine rings is 1. The van der Waals surface area contributed by atoms with Gasteiger partial charge >= 0.3 is 0 Å². The lowest BCUT2D eigenvalue weighted by atomic mass is 10.1. The van der Waals surface area contributed by atoms with Crippen molar-refractivity contribution in [3.05, 3.63) is 65.5 Å². The number of hydrogen-bond donors (Lipinski definition) is 0. The SMILES string of the molecule is Fc1ccc(CN2CCN(Cc3ccncc3)CC2)cc1F. The van der Waals surface area contributed by atoms with Crippen LogP contribution in [0.1, 0.15) is 11.1 Å². The van der Waals surface area contributed by atoms with E-state index in [1.807, 2.05) is 24.5 Å². The van der Waals surface area contributed by atoms with Crippen LogP contribution in [0.3, 0.4) is 0 Å². The lowest BCUT2D eigenvalue weighted by Gasteiger charge is -2.34. The van der Waals surface area contributed by atoms with Crippen LogP contribution < -0.4 is 0 Å². The van der Waals surface area contributed by atoms with E-state index in [0.717, 1.165) is 38.3 Å². The Morgan fingerprint density at radius 2 is 1.36 bits per heavy atom. The highest BCUT2D eigenvalue weighted by Crippen LogP contribution is 2.13. The minimum Gasteiger partial charge on any atom is -0.297 e. The van der Waals surface area contributed by atoms with E-state index in [2.05, 4.69) is 14.8 Å². The van der Waals surface area contributed by atoms with Crippen molar-refractivity contribution < 1.29 is 8.78 Å². The molecule has 0 spiro atoms. The molecule has 0 atom stereocenters. The van der Waals surface area contributed by atoms with Crippen LogP contribution in [-0.2, 0) is 13.1 Å². The van der Waals surface area contributed by atoms with Crippen LogP contribution in [-0.4, -0.2) is 41.0 Å². The number of aromatic nitrogens is 1. The lowest BCUT2D eigenvalue weighted by Crippen LogP contribution is -2.45. The number of halogens is 2. The number of benzene rings is 1. The summed E-state index contributed by atoms with van der Waals surface area (Å²) in [7, 11) is 0. The first-order valence-electron chi connectivity index (χ1n) is 7.48. The molecule has 5 heteroatoms. The van der Waals surface area contributed by atoms with E-state index in [9.17, 15) is 8.78 Å². The van der Waals surface area contributed by atoms with Crippen LogP contribution in [0.25, 0.3) is 0 Å². The van der Waals surface area contributed by atoms with E-state index in [0.29, 0.717) is 6.54 Å². The van der Waals surface area contributed by atoms with Gasteiger partial charge in [-0.2, -0.15) is 0 Å². The molecule has 2 heterocycles. The maximum Gasteiger partial charge on any atom is 0.159 e. The van der Waals surface area contributed by atoms with Gasteiger partial charge in [0.25, 0.3) is 0 Å². The van der Waals surface area contributed by atoms with Gasteiger partial charge in [0.2, 0.25) is 0 Å². The highest BCUT2D eigenvalue weighted by atomic mass is 19.2. The van der Waals surface area contributed by atoms with E-state index in [1.165, 1.54) is 17.7 Å². The quantitative estimate of drug-likeness (QED) is 0.866. The molecule has 0 amide bonds. The Labute approximate surface area is 129 Å². The van der Waals surface area contributed by atoms with E-state index in [4.69, 9.17) is 0 Å². The van der Waals surface area contributed by atoms with Gasteiger partial charge in [0.15, 0.2) is 11.6 Å². The Bertz CT molecular complexity index is 611. The molecule has 0 N–H and O–H groups in total. The van der Waals surface area contributed by atoms with Crippen molar-refractivity contribution in [1.29, 1.82) is 0 Å². The van der Waals surface area contributed by atoms with E-state index in [-0.39, 0.29) is 0 Å². The standard InChI is InChI=1S/C17H19F2N3/c18-16-2-1-15(11-17(16)19)13-22-9-7-21(8-10-22)12-14-3-5-20-6-4-14/h1-6,11H,7-10,12-13H2. The summed E-state index contributed by atoms with van der Waals surface area (Å²) in [6, 6.07) is 8.21. The zero-order valence-electron chi connectivity index (χ0n) is 12.4. The summed E-state index contributed by atoms with van der Waals surface area (Å²) in [4.78, 5) is 8.70. The minimum atomic E-state index is -0.786. The summed E-state index contributed by atoms with van der Waals surface area (Å²) < 4.78 is 26.2. The monoisotopic (exact) mass is 303 g/mol. The molecule has 0 aliphatic carbocycles. The molecule has 1 saturated heterocycles. The van der Waals surface area contributed by atoms with E-state index in [1.54, 1.807) is 6.07 Å². The Morgan fingerprint density at radius 3 is 1.95 bits per heavy atom.